The average Bonchev–Trinajstić information content (AvgIpc) is 3.44. The standard InChI is InChI=1S/C27H23N5O2/c28-14-20-5-4-18-12-26(20)34-22-7-6-19-2-1-3-25(23(19)13-22)32-11-9-24(27(32)33)30-10-8-21-15-29-17-31(21)16-18/h1-7,12-13,15,17,24,30H,8-11,16H2/p+1/t24-/m0/s1. The topological polar surface area (TPSA) is 85.0 Å². The lowest BCUT2D eigenvalue weighted by molar-refractivity contribution is -0.694. The van der Waals surface area contributed by atoms with E-state index in [1.54, 1.807) is 0 Å². The van der Waals surface area contributed by atoms with Crippen molar-refractivity contribution in [2.45, 2.75) is 25.4 Å². The lowest BCUT2D eigenvalue weighted by Crippen LogP contribution is -2.41. The summed E-state index contributed by atoms with van der Waals surface area (Å²) in [4.78, 5) is 18.3. The molecule has 1 aromatic heterocycles. The Balaban J connectivity index is 1.48. The quantitative estimate of drug-likeness (QED) is 0.402. The van der Waals surface area contributed by atoms with Gasteiger partial charge in [0.15, 0.2) is 0 Å². The number of hydrogen-bond acceptors (Lipinski definition) is 4. The van der Waals surface area contributed by atoms with Crippen molar-refractivity contribution in [2.24, 2.45) is 0 Å². The molecule has 4 aromatic rings. The van der Waals surface area contributed by atoms with E-state index < -0.39 is 0 Å². The first-order valence-electron chi connectivity index (χ1n) is 11.5. The second-order valence-corrected chi connectivity index (χ2v) is 8.80. The fourth-order valence-electron chi connectivity index (χ4n) is 4.93. The summed E-state index contributed by atoms with van der Waals surface area (Å²) in [5, 5.41) is 15.1. The first kappa shape index (κ1) is 20.5. The van der Waals surface area contributed by atoms with Crippen LogP contribution >= 0.6 is 0 Å². The maximum atomic E-state index is 13.3. The molecule has 0 aliphatic carbocycles. The number of hydrogen-bond donors (Lipinski definition) is 2. The third-order valence-corrected chi connectivity index (χ3v) is 6.70. The predicted octanol–water partition coefficient (Wildman–Crippen LogP) is 3.42. The molecule has 1 fully saturated rings. The number of nitrogens with one attached hydrogen (secondary N) is 2. The number of nitrogens with zero attached hydrogens (tertiary/aromatic N) is 3. The van der Waals surface area contributed by atoms with Gasteiger partial charge in [0.05, 0.1) is 17.3 Å². The third-order valence-electron chi connectivity index (χ3n) is 6.70. The highest BCUT2D eigenvalue weighted by molar-refractivity contribution is 6.07. The summed E-state index contributed by atoms with van der Waals surface area (Å²) < 4.78 is 8.40. The molecular weight excluding hydrogens is 426 g/mol. The van der Waals surface area contributed by atoms with E-state index in [9.17, 15) is 10.1 Å². The van der Waals surface area contributed by atoms with Gasteiger partial charge in [0.1, 0.15) is 36.0 Å². The minimum atomic E-state index is -0.189. The number of nitriles is 1. The summed E-state index contributed by atoms with van der Waals surface area (Å²) in [5.41, 5.74) is 3.55. The Bertz CT molecular complexity index is 1450. The first-order chi connectivity index (χ1) is 16.7. The summed E-state index contributed by atoms with van der Waals surface area (Å²) in [7, 11) is 0. The zero-order valence-electron chi connectivity index (χ0n) is 18.6. The predicted molar refractivity (Wildman–Crippen MR) is 128 cm³/mol. The van der Waals surface area contributed by atoms with Gasteiger partial charge in [0, 0.05) is 24.9 Å². The van der Waals surface area contributed by atoms with Gasteiger partial charge < -0.3 is 15.0 Å². The van der Waals surface area contributed by atoms with Crippen molar-refractivity contribution in [3.05, 3.63) is 83.9 Å². The molecule has 3 heterocycles. The molecule has 2 aliphatic rings. The number of aromatic nitrogens is 2. The van der Waals surface area contributed by atoms with Crippen LogP contribution in [0.4, 0.5) is 5.69 Å². The summed E-state index contributed by atoms with van der Waals surface area (Å²) in [5.74, 6) is 1.26. The molecule has 1 amide bonds. The average molecular weight is 451 g/mol. The van der Waals surface area contributed by atoms with Crippen molar-refractivity contribution in [1.29, 1.82) is 5.26 Å². The largest absolute Gasteiger partial charge is 0.456 e. The molecule has 34 heavy (non-hydrogen) atoms. The number of H-pyrrole nitrogens is 1. The molecule has 1 saturated heterocycles. The van der Waals surface area contributed by atoms with Gasteiger partial charge in [0.25, 0.3) is 0 Å². The molecule has 168 valence electrons. The minimum Gasteiger partial charge on any atom is -0.456 e. The number of anilines is 1. The highest BCUT2D eigenvalue weighted by Gasteiger charge is 2.33. The van der Waals surface area contributed by atoms with Crippen LogP contribution in [0.25, 0.3) is 10.8 Å². The summed E-state index contributed by atoms with van der Waals surface area (Å²) >= 11 is 0. The van der Waals surface area contributed by atoms with Crippen LogP contribution in [-0.2, 0) is 17.8 Å². The summed E-state index contributed by atoms with van der Waals surface area (Å²) in [6.07, 6.45) is 5.50. The Hall–Kier alpha value is -4.15. The number of carbonyl (C=O) groups is 1. The van der Waals surface area contributed by atoms with Gasteiger partial charge in [-0.2, -0.15) is 5.26 Å². The fourth-order valence-corrected chi connectivity index (χ4v) is 4.93. The molecule has 7 nitrogen and oxygen atoms in total. The highest BCUT2D eigenvalue weighted by atomic mass is 16.5. The van der Waals surface area contributed by atoms with Crippen molar-refractivity contribution >= 4 is 22.4 Å². The van der Waals surface area contributed by atoms with E-state index in [0.717, 1.165) is 40.6 Å². The molecule has 2 N–H and O–H groups in total. The van der Waals surface area contributed by atoms with Crippen molar-refractivity contribution in [3.63, 3.8) is 0 Å². The summed E-state index contributed by atoms with van der Waals surface area (Å²) in [6.45, 7) is 2.04. The number of benzene rings is 3. The van der Waals surface area contributed by atoms with Crippen LogP contribution in [0.1, 0.15) is 23.2 Å². The van der Waals surface area contributed by atoms with Gasteiger partial charge in [-0.3, -0.25) is 4.79 Å². The maximum Gasteiger partial charge on any atom is 0.244 e. The lowest BCUT2D eigenvalue weighted by Gasteiger charge is -2.20. The van der Waals surface area contributed by atoms with Crippen LogP contribution in [-0.4, -0.2) is 30.0 Å². The third kappa shape index (κ3) is 3.58. The molecule has 0 radical (unpaired) electrons. The number of fused-ring (bicyclic) bond motifs is 7. The first-order valence-corrected chi connectivity index (χ1v) is 11.5. The van der Waals surface area contributed by atoms with Crippen LogP contribution < -0.4 is 19.5 Å². The number of rotatable bonds is 0. The van der Waals surface area contributed by atoms with Gasteiger partial charge in [-0.15, -0.1) is 0 Å². The monoisotopic (exact) mass is 450 g/mol. The molecule has 0 unspecified atom stereocenters. The van der Waals surface area contributed by atoms with E-state index >= 15 is 0 Å². The van der Waals surface area contributed by atoms with Crippen molar-refractivity contribution in [2.75, 3.05) is 18.0 Å². The second kappa shape index (κ2) is 8.32. The normalized spacial score (nSPS) is 17.8. The zero-order valence-corrected chi connectivity index (χ0v) is 18.6. The molecule has 6 rings (SSSR count). The van der Waals surface area contributed by atoms with Crippen molar-refractivity contribution in [3.8, 4) is 17.6 Å². The minimum absolute atomic E-state index is 0.100. The molecular formula is C27H24N5O2+. The molecule has 7 heteroatoms. The Kier molecular flexibility index (Phi) is 5.01. The number of aromatic amines is 1. The van der Waals surface area contributed by atoms with E-state index in [1.165, 1.54) is 0 Å². The smallest absolute Gasteiger partial charge is 0.244 e. The van der Waals surface area contributed by atoms with Crippen LogP contribution in [0.15, 0.2) is 67.1 Å². The highest BCUT2D eigenvalue weighted by Crippen LogP contribution is 2.35. The Morgan fingerprint density at radius 3 is 3.00 bits per heavy atom. The molecule has 2 aliphatic heterocycles. The van der Waals surface area contributed by atoms with Crippen molar-refractivity contribution < 1.29 is 14.1 Å². The van der Waals surface area contributed by atoms with Crippen LogP contribution in [0, 0.1) is 11.3 Å². The van der Waals surface area contributed by atoms with Gasteiger partial charge in [-0.25, -0.2) is 9.55 Å². The molecule has 0 spiro atoms. The number of amides is 1. The molecule has 0 saturated carbocycles. The van der Waals surface area contributed by atoms with Crippen molar-refractivity contribution in [1.82, 2.24) is 10.3 Å². The Morgan fingerprint density at radius 2 is 2.09 bits per heavy atom. The van der Waals surface area contributed by atoms with E-state index in [1.807, 2.05) is 72.0 Å². The van der Waals surface area contributed by atoms with E-state index in [4.69, 9.17) is 4.74 Å². The number of imidazole rings is 1. The lowest BCUT2D eigenvalue weighted by atomic mass is 10.1. The molecule has 6 bridgehead atoms. The number of carbonyl (C=O) groups excluding carboxylic acids is 1. The van der Waals surface area contributed by atoms with E-state index in [-0.39, 0.29) is 11.9 Å². The zero-order chi connectivity index (χ0) is 23.1. The van der Waals surface area contributed by atoms with Gasteiger partial charge in [-0.1, -0.05) is 24.3 Å². The van der Waals surface area contributed by atoms with Crippen LogP contribution in [0.2, 0.25) is 0 Å². The molecule has 1 atom stereocenters. The summed E-state index contributed by atoms with van der Waals surface area (Å²) in [6, 6.07) is 19.6. The number of ether oxygens (including phenoxy) is 1. The van der Waals surface area contributed by atoms with Gasteiger partial charge in [-0.05, 0) is 47.7 Å². The Labute approximate surface area is 197 Å². The second-order valence-electron chi connectivity index (χ2n) is 8.80. The SMILES string of the molecule is N#Cc1ccc2cc1Oc1ccc3cccc(c3c1)N1CC[C@H](NCCc3c[nH]c[n+]3C2)C1=O. The van der Waals surface area contributed by atoms with Crippen LogP contribution in [0.3, 0.4) is 0 Å². The van der Waals surface area contributed by atoms with E-state index in [0.29, 0.717) is 36.7 Å². The van der Waals surface area contributed by atoms with Gasteiger partial charge in [0.2, 0.25) is 12.2 Å². The van der Waals surface area contributed by atoms with Crippen LogP contribution in [0.5, 0.6) is 11.5 Å². The fraction of sp³-hybridized carbons (Fsp3) is 0.222. The molecule has 3 aromatic carbocycles. The van der Waals surface area contributed by atoms with E-state index in [2.05, 4.69) is 20.9 Å². The maximum absolute atomic E-state index is 13.3. The van der Waals surface area contributed by atoms with Gasteiger partial charge >= 0.3 is 0 Å². The Morgan fingerprint density at radius 1 is 1.15 bits per heavy atom.